The van der Waals surface area contributed by atoms with Crippen molar-refractivity contribution in [2.75, 3.05) is 31.5 Å². The molecule has 12 heteroatoms. The van der Waals surface area contributed by atoms with Gasteiger partial charge in [0.25, 0.3) is 0 Å². The van der Waals surface area contributed by atoms with Crippen LogP contribution in [0.5, 0.6) is 0 Å². The van der Waals surface area contributed by atoms with Gasteiger partial charge < -0.3 is 10.2 Å². The molecular weight excluding hydrogens is 542 g/mol. The van der Waals surface area contributed by atoms with Gasteiger partial charge in [0.05, 0.1) is 5.69 Å². The van der Waals surface area contributed by atoms with Crippen LogP contribution in [0.2, 0.25) is 10.0 Å². The molecule has 0 saturated heterocycles. The molecule has 1 atom stereocenters. The first-order valence-corrected chi connectivity index (χ1v) is 14.0. The second-order valence-electron chi connectivity index (χ2n) is 8.60. The zero-order valence-corrected chi connectivity index (χ0v) is 23.7. The lowest BCUT2D eigenvalue weighted by atomic mass is 10.1. The zero-order valence-electron chi connectivity index (χ0n) is 21.4. The normalized spacial score (nSPS) is 12.3. The molecule has 0 aliphatic carbocycles. The fourth-order valence-corrected chi connectivity index (χ4v) is 5.11. The summed E-state index contributed by atoms with van der Waals surface area (Å²) in [6, 6.07) is 8.70. The summed E-state index contributed by atoms with van der Waals surface area (Å²) < 4.78 is 41.7. The van der Waals surface area contributed by atoms with Crippen LogP contribution in [0.25, 0.3) is 0 Å². The molecular formula is C25H33Cl2FN4O4S. The number of halogens is 3. The number of unbranched alkanes of at least 4 members (excludes halogenated alkanes) is 1. The Morgan fingerprint density at radius 2 is 1.70 bits per heavy atom. The molecule has 0 aliphatic rings. The lowest BCUT2D eigenvalue weighted by Gasteiger charge is -2.34. The first-order chi connectivity index (χ1) is 17.4. The maximum atomic E-state index is 13.8. The number of amides is 2. The monoisotopic (exact) mass is 574 g/mol. The number of nitrogens with one attached hydrogen (secondary N) is 1. The summed E-state index contributed by atoms with van der Waals surface area (Å²) in [5, 5.41) is 3.57. The van der Waals surface area contributed by atoms with Crippen LogP contribution in [0.1, 0.15) is 38.7 Å². The van der Waals surface area contributed by atoms with Gasteiger partial charge in [-0.25, -0.2) is 8.70 Å². The van der Waals surface area contributed by atoms with Gasteiger partial charge in [0.1, 0.15) is 18.4 Å². The number of carbonyl (C=O) groups is 2. The predicted octanol–water partition coefficient (Wildman–Crippen LogP) is 4.47. The molecule has 0 aromatic heterocycles. The van der Waals surface area contributed by atoms with E-state index in [9.17, 15) is 22.4 Å². The summed E-state index contributed by atoms with van der Waals surface area (Å²) in [6.45, 7) is 3.55. The number of hydrogen-bond acceptors (Lipinski definition) is 4. The molecule has 0 saturated carbocycles. The Hall–Kier alpha value is -2.40. The lowest BCUT2D eigenvalue weighted by Crippen LogP contribution is -2.53. The van der Waals surface area contributed by atoms with E-state index in [-0.39, 0.29) is 24.6 Å². The third-order valence-electron chi connectivity index (χ3n) is 5.70. The van der Waals surface area contributed by atoms with E-state index in [4.69, 9.17) is 23.2 Å². The molecule has 2 aromatic carbocycles. The van der Waals surface area contributed by atoms with Gasteiger partial charge in [-0.3, -0.25) is 9.59 Å². The average Bonchev–Trinajstić information content (AvgIpc) is 2.84. The Morgan fingerprint density at radius 3 is 2.24 bits per heavy atom. The molecule has 204 valence electrons. The molecule has 0 radical (unpaired) electrons. The highest BCUT2D eigenvalue weighted by Crippen LogP contribution is 2.25. The Bertz CT molecular complexity index is 1180. The van der Waals surface area contributed by atoms with Crippen molar-refractivity contribution in [3.63, 3.8) is 0 Å². The van der Waals surface area contributed by atoms with Crippen molar-refractivity contribution < 1.29 is 22.4 Å². The van der Waals surface area contributed by atoms with E-state index >= 15 is 0 Å². The summed E-state index contributed by atoms with van der Waals surface area (Å²) in [4.78, 5) is 28.2. The molecule has 37 heavy (non-hydrogen) atoms. The first-order valence-electron chi connectivity index (χ1n) is 11.9. The molecule has 0 aliphatic heterocycles. The summed E-state index contributed by atoms with van der Waals surface area (Å²) in [5.74, 6) is -1.53. The number of rotatable bonds is 13. The number of anilines is 1. The Balaban J connectivity index is 2.49. The second kappa shape index (κ2) is 13.9. The average molecular weight is 576 g/mol. The smallest absolute Gasteiger partial charge is 0.304 e. The maximum absolute atomic E-state index is 13.8. The highest BCUT2D eigenvalue weighted by Gasteiger charge is 2.34. The number of hydrogen-bond donors (Lipinski definition) is 1. The van der Waals surface area contributed by atoms with E-state index in [0.717, 1.165) is 33.6 Å². The highest BCUT2D eigenvalue weighted by molar-refractivity contribution is 7.90. The van der Waals surface area contributed by atoms with Crippen molar-refractivity contribution in [2.24, 2.45) is 0 Å². The molecule has 0 heterocycles. The topological polar surface area (TPSA) is 90.0 Å². The van der Waals surface area contributed by atoms with Gasteiger partial charge in [0.2, 0.25) is 11.8 Å². The van der Waals surface area contributed by atoms with Crippen LogP contribution in [-0.2, 0) is 26.3 Å². The van der Waals surface area contributed by atoms with Gasteiger partial charge in [-0.15, -0.1) is 0 Å². The van der Waals surface area contributed by atoms with Crippen molar-refractivity contribution in [3.8, 4) is 0 Å². The third-order valence-corrected chi connectivity index (χ3v) is 8.11. The van der Waals surface area contributed by atoms with Crippen LogP contribution in [0.4, 0.5) is 10.1 Å². The van der Waals surface area contributed by atoms with Crippen LogP contribution in [-0.4, -0.2) is 62.7 Å². The van der Waals surface area contributed by atoms with E-state index in [1.54, 1.807) is 19.1 Å². The maximum Gasteiger partial charge on any atom is 0.304 e. The molecule has 2 aromatic rings. The quantitative estimate of drug-likeness (QED) is 0.357. The Labute approximate surface area is 228 Å². The molecule has 0 spiro atoms. The summed E-state index contributed by atoms with van der Waals surface area (Å²) in [6.07, 6.45) is 1.94. The largest absolute Gasteiger partial charge is 0.354 e. The van der Waals surface area contributed by atoms with Crippen LogP contribution in [0.3, 0.4) is 0 Å². The third kappa shape index (κ3) is 8.29. The summed E-state index contributed by atoms with van der Waals surface area (Å²) in [7, 11) is -1.48. The van der Waals surface area contributed by atoms with Crippen molar-refractivity contribution in [2.45, 2.75) is 45.7 Å². The van der Waals surface area contributed by atoms with Gasteiger partial charge in [0, 0.05) is 37.2 Å². The van der Waals surface area contributed by atoms with Crippen LogP contribution in [0.15, 0.2) is 42.5 Å². The van der Waals surface area contributed by atoms with Gasteiger partial charge >= 0.3 is 10.2 Å². The molecule has 0 fully saturated rings. The van der Waals surface area contributed by atoms with Gasteiger partial charge in [-0.1, -0.05) is 49.5 Å². The zero-order chi connectivity index (χ0) is 27.8. The van der Waals surface area contributed by atoms with E-state index in [1.807, 2.05) is 6.92 Å². The van der Waals surface area contributed by atoms with Crippen LogP contribution >= 0.6 is 23.2 Å². The number of nitrogens with zero attached hydrogens (tertiary/aromatic N) is 3. The van der Waals surface area contributed by atoms with E-state index in [0.29, 0.717) is 22.2 Å². The Morgan fingerprint density at radius 1 is 1.05 bits per heavy atom. The van der Waals surface area contributed by atoms with E-state index in [1.165, 1.54) is 37.2 Å². The van der Waals surface area contributed by atoms with Gasteiger partial charge in [-0.2, -0.15) is 12.7 Å². The molecule has 1 N–H and O–H groups in total. The minimum absolute atomic E-state index is 0.0478. The van der Waals surface area contributed by atoms with E-state index < -0.39 is 34.5 Å². The summed E-state index contributed by atoms with van der Waals surface area (Å²) in [5.41, 5.74) is 0.649. The van der Waals surface area contributed by atoms with E-state index in [2.05, 4.69) is 5.32 Å². The number of carbonyl (C=O) groups excluding carboxylic acids is 2. The summed E-state index contributed by atoms with van der Waals surface area (Å²) >= 11 is 12.4. The lowest BCUT2D eigenvalue weighted by molar-refractivity contribution is -0.140. The Kier molecular flexibility index (Phi) is 11.6. The highest BCUT2D eigenvalue weighted by atomic mass is 35.5. The predicted molar refractivity (Wildman–Crippen MR) is 145 cm³/mol. The molecule has 0 bridgehead atoms. The SMILES string of the molecule is CCCCNC(=O)[C@@H](CC)N(Cc1ccc(Cl)cc1Cl)C(=O)CN(c1ccc(F)cc1)S(=O)(=O)N(C)C. The number of benzene rings is 2. The second-order valence-corrected chi connectivity index (χ2v) is 11.5. The van der Waals surface area contributed by atoms with Crippen LogP contribution in [0, 0.1) is 5.82 Å². The first kappa shape index (κ1) is 30.8. The van der Waals surface area contributed by atoms with Crippen LogP contribution < -0.4 is 9.62 Å². The molecule has 8 nitrogen and oxygen atoms in total. The molecule has 0 unspecified atom stereocenters. The fraction of sp³-hybridized carbons (Fsp3) is 0.440. The van der Waals surface area contributed by atoms with Gasteiger partial charge in [-0.05, 0) is 54.8 Å². The minimum Gasteiger partial charge on any atom is -0.354 e. The molecule has 2 amide bonds. The van der Waals surface area contributed by atoms with Crippen molar-refractivity contribution in [3.05, 3.63) is 63.9 Å². The van der Waals surface area contributed by atoms with Crippen molar-refractivity contribution >= 4 is 50.9 Å². The fourth-order valence-electron chi connectivity index (χ4n) is 3.58. The van der Waals surface area contributed by atoms with Gasteiger partial charge in [0.15, 0.2) is 0 Å². The van der Waals surface area contributed by atoms with Crippen molar-refractivity contribution in [1.82, 2.24) is 14.5 Å². The molecule has 2 rings (SSSR count). The minimum atomic E-state index is -4.14. The standard InChI is InChI=1S/C25H33Cl2FN4O4S/c1-5-7-14-29-25(34)23(6-2)31(16-18-8-9-19(26)15-22(18)27)24(33)17-32(37(35,36)30(3)4)21-12-10-20(28)11-13-21/h8-13,15,23H,5-7,14,16-17H2,1-4H3,(H,29,34)/t23-/m1/s1. The van der Waals surface area contributed by atoms with Crippen molar-refractivity contribution in [1.29, 1.82) is 0 Å².